The Morgan fingerprint density at radius 1 is 1.14 bits per heavy atom. The monoisotopic (exact) mass is 398 g/mol. The highest BCUT2D eigenvalue weighted by molar-refractivity contribution is 7.14. The molecular formula is C20H22N4O3S. The van der Waals surface area contributed by atoms with E-state index in [4.69, 9.17) is 4.42 Å². The van der Waals surface area contributed by atoms with E-state index in [1.807, 2.05) is 43.3 Å². The average molecular weight is 398 g/mol. The highest BCUT2D eigenvalue weighted by Gasteiger charge is 2.15. The zero-order chi connectivity index (χ0) is 20.1. The number of likely N-dealkylation sites (N-methyl/N-ethyl adjacent to an activating group) is 1. The van der Waals surface area contributed by atoms with Crippen molar-refractivity contribution in [1.29, 1.82) is 0 Å². The number of hydrogen-bond donors (Lipinski definition) is 1. The van der Waals surface area contributed by atoms with E-state index in [0.29, 0.717) is 17.4 Å². The fourth-order valence-corrected chi connectivity index (χ4v) is 3.27. The van der Waals surface area contributed by atoms with Gasteiger partial charge in [-0.05, 0) is 29.8 Å². The molecule has 0 atom stereocenters. The molecule has 0 spiro atoms. The van der Waals surface area contributed by atoms with Gasteiger partial charge in [0.15, 0.2) is 10.9 Å². The van der Waals surface area contributed by atoms with Crippen molar-refractivity contribution in [3.63, 3.8) is 0 Å². The number of thiazole rings is 1. The van der Waals surface area contributed by atoms with E-state index >= 15 is 0 Å². The van der Waals surface area contributed by atoms with Gasteiger partial charge in [0.1, 0.15) is 0 Å². The molecule has 3 aromatic rings. The van der Waals surface area contributed by atoms with Crippen LogP contribution in [-0.4, -0.2) is 42.8 Å². The van der Waals surface area contributed by atoms with Gasteiger partial charge in [-0.25, -0.2) is 4.98 Å². The van der Waals surface area contributed by atoms with Gasteiger partial charge in [0, 0.05) is 38.8 Å². The van der Waals surface area contributed by atoms with Crippen LogP contribution in [0.15, 0.2) is 52.5 Å². The van der Waals surface area contributed by atoms with Crippen molar-refractivity contribution >= 4 is 34.0 Å². The number of aromatic nitrogens is 1. The molecule has 0 aliphatic carbocycles. The Bertz CT molecular complexity index is 933. The summed E-state index contributed by atoms with van der Waals surface area (Å²) in [6.45, 7) is 0.527. The highest BCUT2D eigenvalue weighted by atomic mass is 32.1. The van der Waals surface area contributed by atoms with Crippen molar-refractivity contribution in [3.05, 3.63) is 65.1 Å². The Morgan fingerprint density at radius 2 is 1.89 bits per heavy atom. The molecule has 0 aliphatic rings. The minimum absolute atomic E-state index is 0.0362. The topological polar surface area (TPSA) is 78.7 Å². The Kier molecular flexibility index (Phi) is 6.10. The Hall–Kier alpha value is -3.13. The number of rotatable bonds is 7. The number of nitrogens with one attached hydrogen (secondary N) is 1. The molecule has 2 amide bonds. The van der Waals surface area contributed by atoms with E-state index in [0.717, 1.165) is 11.3 Å². The molecule has 0 bridgehead atoms. The predicted octanol–water partition coefficient (Wildman–Crippen LogP) is 3.26. The second kappa shape index (κ2) is 8.71. The highest BCUT2D eigenvalue weighted by Crippen LogP contribution is 2.18. The Morgan fingerprint density at radius 3 is 2.54 bits per heavy atom. The number of hydrogen-bond acceptors (Lipinski definition) is 6. The summed E-state index contributed by atoms with van der Waals surface area (Å²) in [6, 6.07) is 11.3. The third-order valence-electron chi connectivity index (χ3n) is 4.15. The Labute approximate surface area is 167 Å². The van der Waals surface area contributed by atoms with Crippen molar-refractivity contribution in [2.75, 3.05) is 31.4 Å². The fourth-order valence-electron chi connectivity index (χ4n) is 2.56. The van der Waals surface area contributed by atoms with Crippen LogP contribution in [0.2, 0.25) is 0 Å². The molecule has 0 saturated carbocycles. The number of amides is 2. The summed E-state index contributed by atoms with van der Waals surface area (Å²) < 4.78 is 5.05. The standard InChI is InChI=1S/C20H22N4O3S/c1-23(2)16-8-6-14(7-9-16)12-24(3)18(25)11-15-13-28-20(21-15)22-19(26)17-5-4-10-27-17/h4-10,13H,11-12H2,1-3H3,(H,21,22,26). The van der Waals surface area contributed by atoms with Gasteiger partial charge in [-0.15, -0.1) is 11.3 Å². The van der Waals surface area contributed by atoms with Gasteiger partial charge >= 0.3 is 0 Å². The number of furan rings is 1. The van der Waals surface area contributed by atoms with Gasteiger partial charge in [0.2, 0.25) is 5.91 Å². The first-order chi connectivity index (χ1) is 13.4. The molecule has 1 N–H and O–H groups in total. The molecule has 0 radical (unpaired) electrons. The zero-order valence-electron chi connectivity index (χ0n) is 16.0. The van der Waals surface area contributed by atoms with Gasteiger partial charge in [-0.3, -0.25) is 14.9 Å². The van der Waals surface area contributed by atoms with Crippen molar-refractivity contribution in [1.82, 2.24) is 9.88 Å². The third-order valence-corrected chi connectivity index (χ3v) is 4.95. The van der Waals surface area contributed by atoms with Crippen LogP contribution in [0, 0.1) is 0 Å². The van der Waals surface area contributed by atoms with E-state index in [1.165, 1.54) is 17.6 Å². The SMILES string of the molecule is CN(Cc1ccc(N(C)C)cc1)C(=O)Cc1csc(NC(=O)c2ccco2)n1. The molecule has 0 fully saturated rings. The van der Waals surface area contributed by atoms with Gasteiger partial charge in [0.05, 0.1) is 18.4 Å². The van der Waals surface area contributed by atoms with E-state index in [1.54, 1.807) is 29.5 Å². The average Bonchev–Trinajstić information content (AvgIpc) is 3.34. The second-order valence-corrected chi connectivity index (χ2v) is 7.42. The molecule has 3 rings (SSSR count). The third kappa shape index (κ3) is 4.98. The first-order valence-electron chi connectivity index (χ1n) is 8.72. The Balaban J connectivity index is 1.54. The lowest BCUT2D eigenvalue weighted by Gasteiger charge is -2.18. The summed E-state index contributed by atoms with van der Waals surface area (Å²) in [7, 11) is 5.75. The van der Waals surface area contributed by atoms with Crippen LogP contribution in [0.1, 0.15) is 21.8 Å². The lowest BCUT2D eigenvalue weighted by Crippen LogP contribution is -2.27. The van der Waals surface area contributed by atoms with Gasteiger partial charge < -0.3 is 14.2 Å². The second-order valence-electron chi connectivity index (χ2n) is 6.56. The van der Waals surface area contributed by atoms with Crippen LogP contribution in [0.25, 0.3) is 0 Å². The molecule has 7 nitrogen and oxygen atoms in total. The molecule has 0 aliphatic heterocycles. The van der Waals surface area contributed by atoms with Crippen molar-refractivity contribution in [2.45, 2.75) is 13.0 Å². The first kappa shape index (κ1) is 19.6. The molecule has 8 heteroatoms. The normalized spacial score (nSPS) is 10.5. The first-order valence-corrected chi connectivity index (χ1v) is 9.60. The number of nitrogens with zero attached hydrogens (tertiary/aromatic N) is 3. The van der Waals surface area contributed by atoms with Crippen LogP contribution in [0.5, 0.6) is 0 Å². The van der Waals surface area contributed by atoms with Gasteiger partial charge in [0.25, 0.3) is 5.91 Å². The van der Waals surface area contributed by atoms with Crippen molar-refractivity contribution in [2.24, 2.45) is 0 Å². The zero-order valence-corrected chi connectivity index (χ0v) is 16.8. The fraction of sp³-hybridized carbons (Fsp3) is 0.250. The summed E-state index contributed by atoms with van der Waals surface area (Å²) in [6.07, 6.45) is 1.62. The summed E-state index contributed by atoms with van der Waals surface area (Å²) in [5.41, 5.74) is 2.80. The molecule has 1 aromatic carbocycles. The maximum atomic E-state index is 12.5. The predicted molar refractivity (Wildman–Crippen MR) is 110 cm³/mol. The van der Waals surface area contributed by atoms with Crippen LogP contribution >= 0.6 is 11.3 Å². The molecule has 0 unspecified atom stereocenters. The van der Waals surface area contributed by atoms with Crippen LogP contribution < -0.4 is 10.2 Å². The summed E-state index contributed by atoms with van der Waals surface area (Å²) in [4.78, 5) is 32.5. The molecule has 0 saturated heterocycles. The molecule has 2 heterocycles. The minimum atomic E-state index is -0.365. The number of anilines is 2. The maximum Gasteiger partial charge on any atom is 0.293 e. The lowest BCUT2D eigenvalue weighted by molar-refractivity contribution is -0.129. The number of benzene rings is 1. The molecule has 2 aromatic heterocycles. The van der Waals surface area contributed by atoms with Gasteiger partial charge in [-0.2, -0.15) is 0 Å². The van der Waals surface area contributed by atoms with Crippen molar-refractivity contribution < 1.29 is 14.0 Å². The number of carbonyl (C=O) groups excluding carboxylic acids is 2. The van der Waals surface area contributed by atoms with Crippen LogP contribution in [-0.2, 0) is 17.8 Å². The van der Waals surface area contributed by atoms with Crippen LogP contribution in [0.4, 0.5) is 10.8 Å². The molecule has 146 valence electrons. The van der Waals surface area contributed by atoms with Crippen molar-refractivity contribution in [3.8, 4) is 0 Å². The van der Waals surface area contributed by atoms with Gasteiger partial charge in [-0.1, -0.05) is 12.1 Å². The van der Waals surface area contributed by atoms with E-state index in [2.05, 4.69) is 10.3 Å². The van der Waals surface area contributed by atoms with Crippen LogP contribution in [0.3, 0.4) is 0 Å². The number of carbonyl (C=O) groups is 2. The summed E-state index contributed by atoms with van der Waals surface area (Å²) >= 11 is 1.28. The summed E-state index contributed by atoms with van der Waals surface area (Å²) in [5.74, 6) is -0.186. The van der Waals surface area contributed by atoms with E-state index < -0.39 is 0 Å². The molecular weight excluding hydrogens is 376 g/mol. The van der Waals surface area contributed by atoms with E-state index in [-0.39, 0.29) is 24.0 Å². The molecule has 28 heavy (non-hydrogen) atoms. The maximum absolute atomic E-state index is 12.5. The summed E-state index contributed by atoms with van der Waals surface area (Å²) in [5, 5.41) is 4.88. The minimum Gasteiger partial charge on any atom is -0.459 e. The largest absolute Gasteiger partial charge is 0.459 e. The lowest BCUT2D eigenvalue weighted by atomic mass is 10.2. The quantitative estimate of drug-likeness (QED) is 0.661. The van der Waals surface area contributed by atoms with E-state index in [9.17, 15) is 9.59 Å². The smallest absolute Gasteiger partial charge is 0.293 e.